The van der Waals surface area contributed by atoms with Gasteiger partial charge in [0, 0.05) is 23.7 Å². The standard InChI is InChI=1S/C12H8Cl2N4O/c1-18-9-6-10(14)15-16-12(9)19-11(17-18)7-3-2-4-8(13)5-7/h2-6H,1H3. The van der Waals surface area contributed by atoms with Crippen molar-refractivity contribution in [3.8, 4) is 5.88 Å². The van der Waals surface area contributed by atoms with E-state index in [1.54, 1.807) is 30.3 Å². The molecule has 0 fully saturated rings. The summed E-state index contributed by atoms with van der Waals surface area (Å²) in [6, 6.07) is 8.87. The number of aromatic nitrogens is 2. The van der Waals surface area contributed by atoms with Crippen LogP contribution in [-0.2, 0) is 0 Å². The van der Waals surface area contributed by atoms with Crippen molar-refractivity contribution in [2.24, 2.45) is 5.10 Å². The van der Waals surface area contributed by atoms with Crippen LogP contribution in [0.5, 0.6) is 5.88 Å². The number of halogens is 2. The van der Waals surface area contributed by atoms with E-state index in [9.17, 15) is 0 Å². The van der Waals surface area contributed by atoms with Gasteiger partial charge in [0.05, 0.1) is 0 Å². The first-order chi connectivity index (χ1) is 9.13. The normalized spacial score (nSPS) is 13.6. The minimum atomic E-state index is 0.288. The summed E-state index contributed by atoms with van der Waals surface area (Å²) in [5.74, 6) is 0.769. The minimum absolute atomic E-state index is 0.288. The highest BCUT2D eigenvalue weighted by Crippen LogP contribution is 2.31. The summed E-state index contributed by atoms with van der Waals surface area (Å²) in [5, 5.41) is 14.5. The zero-order valence-electron chi connectivity index (χ0n) is 9.84. The number of hydrogen-bond donors (Lipinski definition) is 0. The molecule has 0 saturated heterocycles. The van der Waals surface area contributed by atoms with Crippen LogP contribution in [0.2, 0.25) is 10.2 Å². The smallest absolute Gasteiger partial charge is 0.266 e. The van der Waals surface area contributed by atoms with Crippen LogP contribution in [0.4, 0.5) is 5.69 Å². The number of hydrazone groups is 1. The van der Waals surface area contributed by atoms with Gasteiger partial charge in [0.1, 0.15) is 5.69 Å². The van der Waals surface area contributed by atoms with Gasteiger partial charge in [-0.1, -0.05) is 29.3 Å². The molecule has 7 heteroatoms. The van der Waals surface area contributed by atoms with Gasteiger partial charge in [0.15, 0.2) is 5.15 Å². The maximum Gasteiger partial charge on any atom is 0.266 e. The van der Waals surface area contributed by atoms with Crippen LogP contribution in [0.1, 0.15) is 5.56 Å². The van der Waals surface area contributed by atoms with Crippen LogP contribution >= 0.6 is 23.2 Å². The fourth-order valence-corrected chi connectivity index (χ4v) is 2.02. The van der Waals surface area contributed by atoms with Crippen molar-refractivity contribution in [1.82, 2.24) is 10.2 Å². The van der Waals surface area contributed by atoms with Crippen molar-refractivity contribution in [3.63, 3.8) is 0 Å². The molecule has 0 unspecified atom stereocenters. The zero-order valence-corrected chi connectivity index (χ0v) is 11.4. The van der Waals surface area contributed by atoms with Crippen LogP contribution in [0.25, 0.3) is 0 Å². The third-order valence-electron chi connectivity index (χ3n) is 2.57. The van der Waals surface area contributed by atoms with Crippen molar-refractivity contribution >= 4 is 34.8 Å². The first-order valence-corrected chi connectivity index (χ1v) is 6.18. The van der Waals surface area contributed by atoms with Crippen LogP contribution in [0.3, 0.4) is 0 Å². The topological polar surface area (TPSA) is 50.6 Å². The molecule has 0 N–H and O–H groups in total. The monoisotopic (exact) mass is 294 g/mol. The Labute approximate surface area is 119 Å². The van der Waals surface area contributed by atoms with Crippen LogP contribution in [-0.4, -0.2) is 23.1 Å². The number of hydrogen-bond acceptors (Lipinski definition) is 5. The predicted molar refractivity (Wildman–Crippen MR) is 74.1 cm³/mol. The molecule has 1 aliphatic heterocycles. The molecule has 0 bridgehead atoms. The van der Waals surface area contributed by atoms with Gasteiger partial charge >= 0.3 is 0 Å². The summed E-state index contributed by atoms with van der Waals surface area (Å²) in [7, 11) is 1.78. The molecule has 5 nitrogen and oxygen atoms in total. The summed E-state index contributed by atoms with van der Waals surface area (Å²) < 4.78 is 5.62. The lowest BCUT2D eigenvalue weighted by atomic mass is 10.2. The van der Waals surface area contributed by atoms with Crippen molar-refractivity contribution in [1.29, 1.82) is 0 Å². The van der Waals surface area contributed by atoms with E-state index in [0.29, 0.717) is 22.5 Å². The van der Waals surface area contributed by atoms with E-state index < -0.39 is 0 Å². The van der Waals surface area contributed by atoms with E-state index in [0.717, 1.165) is 5.56 Å². The number of rotatable bonds is 1. The molecule has 0 spiro atoms. The predicted octanol–water partition coefficient (Wildman–Crippen LogP) is 2.97. The molecule has 19 heavy (non-hydrogen) atoms. The Balaban J connectivity index is 2.02. The number of anilines is 1. The summed E-state index contributed by atoms with van der Waals surface area (Å²) in [6.07, 6.45) is 0. The molecule has 0 saturated carbocycles. The van der Waals surface area contributed by atoms with Crippen LogP contribution in [0.15, 0.2) is 35.4 Å². The van der Waals surface area contributed by atoms with Gasteiger partial charge in [-0.15, -0.1) is 15.3 Å². The molecule has 1 aliphatic rings. The average Bonchev–Trinajstić information content (AvgIpc) is 2.39. The fourth-order valence-electron chi connectivity index (χ4n) is 1.69. The molecule has 3 rings (SSSR count). The lowest BCUT2D eigenvalue weighted by molar-refractivity contribution is 0.501. The van der Waals surface area contributed by atoms with Crippen molar-refractivity contribution < 1.29 is 4.74 Å². The lowest BCUT2D eigenvalue weighted by Crippen LogP contribution is -2.25. The van der Waals surface area contributed by atoms with Gasteiger partial charge in [-0.25, -0.2) is 0 Å². The Morgan fingerprint density at radius 1 is 1.16 bits per heavy atom. The van der Waals surface area contributed by atoms with Gasteiger partial charge < -0.3 is 4.74 Å². The highest BCUT2D eigenvalue weighted by Gasteiger charge is 2.22. The Morgan fingerprint density at radius 3 is 2.79 bits per heavy atom. The molecule has 0 aliphatic carbocycles. The second-order valence-corrected chi connectivity index (χ2v) is 4.72. The largest absolute Gasteiger partial charge is 0.415 e. The van der Waals surface area contributed by atoms with E-state index in [4.69, 9.17) is 27.9 Å². The molecular formula is C12H8Cl2N4O. The maximum absolute atomic E-state index is 5.95. The number of ether oxygens (including phenoxy) is 1. The van der Waals surface area contributed by atoms with Crippen LogP contribution in [0, 0.1) is 0 Å². The molecule has 0 atom stereocenters. The Hall–Kier alpha value is -1.85. The Kier molecular flexibility index (Phi) is 3.00. The van der Waals surface area contributed by atoms with E-state index in [2.05, 4.69) is 15.3 Å². The van der Waals surface area contributed by atoms with E-state index >= 15 is 0 Å². The van der Waals surface area contributed by atoms with Gasteiger partial charge in [0.2, 0.25) is 5.90 Å². The highest BCUT2D eigenvalue weighted by atomic mass is 35.5. The van der Waals surface area contributed by atoms with E-state index in [-0.39, 0.29) is 5.15 Å². The van der Waals surface area contributed by atoms with Gasteiger partial charge in [0.25, 0.3) is 5.88 Å². The SMILES string of the molecule is CN1N=C(c2cccc(Cl)c2)Oc2nnc(Cl)cc21. The summed E-state index contributed by atoms with van der Waals surface area (Å²) in [6.45, 7) is 0. The molecule has 1 aromatic carbocycles. The summed E-state index contributed by atoms with van der Waals surface area (Å²) >= 11 is 11.7. The van der Waals surface area contributed by atoms with Gasteiger partial charge in [-0.2, -0.15) is 0 Å². The third kappa shape index (κ3) is 2.34. The molecule has 0 amide bonds. The second kappa shape index (κ2) is 4.68. The average molecular weight is 295 g/mol. The highest BCUT2D eigenvalue weighted by molar-refractivity contribution is 6.31. The van der Waals surface area contributed by atoms with Gasteiger partial charge in [-0.3, -0.25) is 5.01 Å². The molecule has 2 aromatic rings. The Bertz CT molecular complexity index is 675. The number of nitrogens with zero attached hydrogens (tertiary/aromatic N) is 4. The number of fused-ring (bicyclic) bond motifs is 1. The third-order valence-corrected chi connectivity index (χ3v) is 2.99. The molecular weight excluding hydrogens is 287 g/mol. The summed E-state index contributed by atoms with van der Waals surface area (Å²) in [5.41, 5.74) is 1.42. The zero-order chi connectivity index (χ0) is 13.4. The molecule has 96 valence electrons. The first kappa shape index (κ1) is 12.2. The molecule has 0 radical (unpaired) electrons. The second-order valence-electron chi connectivity index (χ2n) is 3.90. The number of benzene rings is 1. The fraction of sp³-hybridized carbons (Fsp3) is 0.0833. The van der Waals surface area contributed by atoms with E-state index in [1.165, 1.54) is 0 Å². The maximum atomic E-state index is 5.95. The minimum Gasteiger partial charge on any atom is -0.415 e. The first-order valence-electron chi connectivity index (χ1n) is 5.43. The molecule has 2 heterocycles. The van der Waals surface area contributed by atoms with Crippen molar-refractivity contribution in [3.05, 3.63) is 46.1 Å². The van der Waals surface area contributed by atoms with Crippen molar-refractivity contribution in [2.45, 2.75) is 0 Å². The lowest BCUT2D eigenvalue weighted by Gasteiger charge is -2.22. The summed E-state index contributed by atoms with van der Waals surface area (Å²) in [4.78, 5) is 0. The van der Waals surface area contributed by atoms with E-state index in [1.807, 2.05) is 12.1 Å². The molecule has 1 aromatic heterocycles. The van der Waals surface area contributed by atoms with Crippen molar-refractivity contribution in [2.75, 3.05) is 12.1 Å². The van der Waals surface area contributed by atoms with Crippen LogP contribution < -0.4 is 9.75 Å². The Morgan fingerprint density at radius 2 is 2.00 bits per heavy atom. The quantitative estimate of drug-likeness (QED) is 0.811. The van der Waals surface area contributed by atoms with Gasteiger partial charge in [-0.05, 0) is 18.2 Å².